The molecule has 0 saturated carbocycles. The Hall–Kier alpha value is -2.71. The largest absolute Gasteiger partial charge is 0.395 e. The smallest absolute Gasteiger partial charge is 0.254 e. The van der Waals surface area contributed by atoms with Crippen LogP contribution < -0.4 is 5.32 Å². The summed E-state index contributed by atoms with van der Waals surface area (Å²) in [5.74, 6) is 5.60. The number of hydrogen-bond acceptors (Lipinski definition) is 4. The van der Waals surface area contributed by atoms with Gasteiger partial charge in [0.25, 0.3) is 5.91 Å². The number of nitrogens with zero attached hydrogens (tertiary/aromatic N) is 2. The van der Waals surface area contributed by atoms with Gasteiger partial charge in [-0.25, -0.2) is 9.97 Å². The van der Waals surface area contributed by atoms with Gasteiger partial charge in [-0.2, -0.15) is 0 Å². The lowest BCUT2D eigenvalue weighted by atomic mass is 10.1. The molecule has 2 rings (SSSR count). The summed E-state index contributed by atoms with van der Waals surface area (Å²) in [6.45, 7) is 0.498. The molecule has 5 heteroatoms. The van der Waals surface area contributed by atoms with Crippen LogP contribution in [0, 0.1) is 11.8 Å². The van der Waals surface area contributed by atoms with E-state index in [0.717, 1.165) is 11.1 Å². The fourth-order valence-electron chi connectivity index (χ4n) is 1.63. The highest BCUT2D eigenvalue weighted by atomic mass is 16.2. The van der Waals surface area contributed by atoms with Crippen molar-refractivity contribution in [1.82, 2.24) is 15.3 Å². The van der Waals surface area contributed by atoms with Crippen LogP contribution in [0.2, 0.25) is 0 Å². The van der Waals surface area contributed by atoms with Crippen molar-refractivity contribution < 1.29 is 9.90 Å². The first-order chi connectivity index (χ1) is 10.3. The fourth-order valence-corrected chi connectivity index (χ4v) is 1.63. The third kappa shape index (κ3) is 4.71. The lowest BCUT2D eigenvalue weighted by molar-refractivity contribution is 0.0950. The Morgan fingerprint density at radius 3 is 2.57 bits per heavy atom. The predicted octanol–water partition coefficient (Wildman–Crippen LogP) is 1.14. The number of aliphatic hydroxyl groups excluding tert-OH is 1. The molecule has 0 saturated heterocycles. The number of aromatic nitrogens is 2. The normalized spacial score (nSPS) is 9.57. The van der Waals surface area contributed by atoms with Gasteiger partial charge in [0.2, 0.25) is 0 Å². The highest BCUT2D eigenvalue weighted by Gasteiger charge is 2.04. The van der Waals surface area contributed by atoms with E-state index in [1.54, 1.807) is 0 Å². The Bertz CT molecular complexity index is 643. The van der Waals surface area contributed by atoms with E-state index in [-0.39, 0.29) is 12.5 Å². The van der Waals surface area contributed by atoms with Crippen LogP contribution in [0.3, 0.4) is 0 Å². The topological polar surface area (TPSA) is 75.1 Å². The molecule has 21 heavy (non-hydrogen) atoms. The lowest BCUT2D eigenvalue weighted by Gasteiger charge is -2.04. The van der Waals surface area contributed by atoms with E-state index < -0.39 is 0 Å². The molecule has 1 heterocycles. The minimum Gasteiger partial charge on any atom is -0.395 e. The van der Waals surface area contributed by atoms with E-state index in [4.69, 9.17) is 5.11 Å². The zero-order valence-electron chi connectivity index (χ0n) is 11.4. The first-order valence-corrected chi connectivity index (χ1v) is 6.51. The molecule has 0 bridgehead atoms. The van der Waals surface area contributed by atoms with Crippen molar-refractivity contribution >= 4 is 5.91 Å². The molecule has 5 nitrogen and oxygen atoms in total. The van der Waals surface area contributed by atoms with Gasteiger partial charge in [0.05, 0.1) is 12.2 Å². The average Bonchev–Trinajstić information content (AvgIpc) is 2.55. The Kier molecular flexibility index (Phi) is 5.44. The molecule has 106 valence electrons. The second kappa shape index (κ2) is 7.78. The van der Waals surface area contributed by atoms with Gasteiger partial charge < -0.3 is 10.4 Å². The molecule has 0 aliphatic heterocycles. The van der Waals surface area contributed by atoms with Crippen LogP contribution in [0.5, 0.6) is 0 Å². The molecule has 2 aromatic rings. The first-order valence-electron chi connectivity index (χ1n) is 6.51. The maximum absolute atomic E-state index is 11.8. The molecule has 0 aliphatic rings. The minimum atomic E-state index is -0.206. The van der Waals surface area contributed by atoms with Gasteiger partial charge in [-0.1, -0.05) is 24.0 Å². The molecule has 0 spiro atoms. The molecular weight excluding hydrogens is 266 g/mol. The van der Waals surface area contributed by atoms with Gasteiger partial charge in [0.1, 0.15) is 6.33 Å². The minimum absolute atomic E-state index is 0.0698. The summed E-state index contributed by atoms with van der Waals surface area (Å²) in [5, 5.41) is 11.5. The molecule has 1 aromatic carbocycles. The number of benzene rings is 1. The molecule has 0 unspecified atom stereocenters. The number of carbonyl (C=O) groups excluding carboxylic acids is 1. The van der Waals surface area contributed by atoms with Crippen molar-refractivity contribution in [1.29, 1.82) is 0 Å². The standard InChI is InChI=1S/C16H15N3O2/c20-8-2-1-3-13-4-6-14(7-5-13)9-19-16(21)15-10-17-12-18-11-15/h4-7,10-12,20H,2,8-9H2,(H,19,21). The quantitative estimate of drug-likeness (QED) is 0.824. The van der Waals surface area contributed by atoms with Crippen LogP contribution >= 0.6 is 0 Å². The summed E-state index contributed by atoms with van der Waals surface area (Å²) in [7, 11) is 0. The van der Waals surface area contributed by atoms with Crippen molar-refractivity contribution in [2.75, 3.05) is 6.61 Å². The molecule has 0 aliphatic carbocycles. The SMILES string of the molecule is O=C(NCc1ccc(C#CCCO)cc1)c1cncnc1. The molecule has 0 radical (unpaired) electrons. The summed E-state index contributed by atoms with van der Waals surface area (Å²) < 4.78 is 0. The van der Waals surface area contributed by atoms with Gasteiger partial charge in [-0.05, 0) is 17.7 Å². The van der Waals surface area contributed by atoms with E-state index in [0.29, 0.717) is 18.5 Å². The summed E-state index contributed by atoms with van der Waals surface area (Å²) in [4.78, 5) is 19.4. The summed E-state index contributed by atoms with van der Waals surface area (Å²) in [6.07, 6.45) is 4.80. The number of nitrogens with one attached hydrogen (secondary N) is 1. The number of hydrogen-bond donors (Lipinski definition) is 2. The predicted molar refractivity (Wildman–Crippen MR) is 78.2 cm³/mol. The zero-order valence-corrected chi connectivity index (χ0v) is 11.4. The van der Waals surface area contributed by atoms with E-state index in [1.807, 2.05) is 24.3 Å². The maximum Gasteiger partial charge on any atom is 0.254 e. The van der Waals surface area contributed by atoms with Crippen LogP contribution in [0.15, 0.2) is 43.0 Å². The second-order valence-corrected chi connectivity index (χ2v) is 4.28. The van der Waals surface area contributed by atoms with Crippen LogP contribution in [0.1, 0.15) is 27.9 Å². The molecule has 2 N–H and O–H groups in total. The maximum atomic E-state index is 11.8. The van der Waals surface area contributed by atoms with Crippen molar-refractivity contribution in [3.05, 3.63) is 59.7 Å². The van der Waals surface area contributed by atoms with Gasteiger partial charge >= 0.3 is 0 Å². The van der Waals surface area contributed by atoms with Crippen LogP contribution in [-0.2, 0) is 6.54 Å². The Labute approximate surface area is 123 Å². The monoisotopic (exact) mass is 281 g/mol. The van der Waals surface area contributed by atoms with E-state index >= 15 is 0 Å². The van der Waals surface area contributed by atoms with Crippen molar-refractivity contribution in [2.45, 2.75) is 13.0 Å². The fraction of sp³-hybridized carbons (Fsp3) is 0.188. The summed E-state index contributed by atoms with van der Waals surface area (Å²) in [6, 6.07) is 7.59. The Morgan fingerprint density at radius 1 is 1.19 bits per heavy atom. The van der Waals surface area contributed by atoms with Crippen LogP contribution in [0.4, 0.5) is 0 Å². The Balaban J connectivity index is 1.90. The van der Waals surface area contributed by atoms with Gasteiger partial charge in [-0.15, -0.1) is 0 Å². The zero-order chi connectivity index (χ0) is 14.9. The first kappa shape index (κ1) is 14.7. The van der Waals surface area contributed by atoms with Gasteiger partial charge in [-0.3, -0.25) is 4.79 Å². The van der Waals surface area contributed by atoms with Crippen molar-refractivity contribution in [2.24, 2.45) is 0 Å². The van der Waals surface area contributed by atoms with Crippen LogP contribution in [0.25, 0.3) is 0 Å². The molecule has 1 aromatic heterocycles. The van der Waals surface area contributed by atoms with Gasteiger partial charge in [0.15, 0.2) is 0 Å². The highest BCUT2D eigenvalue weighted by molar-refractivity contribution is 5.93. The summed E-state index contributed by atoms with van der Waals surface area (Å²) >= 11 is 0. The third-order valence-corrected chi connectivity index (χ3v) is 2.70. The van der Waals surface area contributed by atoms with Crippen molar-refractivity contribution in [3.8, 4) is 11.8 Å². The van der Waals surface area contributed by atoms with Gasteiger partial charge in [0, 0.05) is 30.9 Å². The molecule has 1 amide bonds. The Morgan fingerprint density at radius 2 is 1.90 bits per heavy atom. The molecule has 0 atom stereocenters. The van der Waals surface area contributed by atoms with E-state index in [1.165, 1.54) is 18.7 Å². The van der Waals surface area contributed by atoms with Crippen molar-refractivity contribution in [3.63, 3.8) is 0 Å². The lowest BCUT2D eigenvalue weighted by Crippen LogP contribution is -2.23. The number of carbonyl (C=O) groups is 1. The second-order valence-electron chi connectivity index (χ2n) is 4.28. The molecule has 0 fully saturated rings. The van der Waals surface area contributed by atoms with E-state index in [2.05, 4.69) is 27.1 Å². The third-order valence-electron chi connectivity index (χ3n) is 2.70. The average molecular weight is 281 g/mol. The number of rotatable bonds is 4. The highest BCUT2D eigenvalue weighted by Crippen LogP contribution is 2.04. The van der Waals surface area contributed by atoms with E-state index in [9.17, 15) is 4.79 Å². The molecular formula is C16H15N3O2. The number of aliphatic hydroxyl groups is 1. The number of amides is 1. The van der Waals surface area contributed by atoms with Crippen LogP contribution in [-0.4, -0.2) is 27.6 Å². The summed E-state index contributed by atoms with van der Waals surface area (Å²) in [5.41, 5.74) is 2.30.